The molecule has 0 radical (unpaired) electrons. The molecule has 0 N–H and O–H groups in total. The van der Waals surface area contributed by atoms with E-state index in [0.29, 0.717) is 5.78 Å². The molecule has 0 spiro atoms. The molecule has 148 valence electrons. The van der Waals surface area contributed by atoms with E-state index < -0.39 is 0 Å². The second-order valence-electron chi connectivity index (χ2n) is 7.50. The number of nitrogens with zero attached hydrogens (tertiary/aromatic N) is 6. The highest BCUT2D eigenvalue weighted by Gasteiger charge is 2.26. The van der Waals surface area contributed by atoms with Gasteiger partial charge in [0, 0.05) is 24.5 Å². The summed E-state index contributed by atoms with van der Waals surface area (Å²) in [6.45, 7) is 2.66. The molecule has 0 aliphatic carbocycles. The van der Waals surface area contributed by atoms with E-state index in [1.54, 1.807) is 20.4 Å². The molecule has 30 heavy (non-hydrogen) atoms. The Kier molecular flexibility index (Phi) is 4.00. The van der Waals surface area contributed by atoms with Crippen LogP contribution in [0.2, 0.25) is 0 Å². The normalized spacial score (nSPS) is 14.4. The van der Waals surface area contributed by atoms with Gasteiger partial charge in [0.1, 0.15) is 4.83 Å². The molecule has 2 aromatic carbocycles. The number of hydrogen-bond donors (Lipinski definition) is 0. The molecule has 0 amide bonds. The average Bonchev–Trinajstić information content (AvgIpc) is 3.40. The second kappa shape index (κ2) is 6.86. The Labute approximate surface area is 175 Å². The molecular formula is C22H18N6OS. The van der Waals surface area contributed by atoms with Crippen LogP contribution in [-0.2, 0) is 19.5 Å². The Hall–Kier alpha value is -3.36. The van der Waals surface area contributed by atoms with Crippen LogP contribution in [0.4, 0.5) is 0 Å². The zero-order valence-electron chi connectivity index (χ0n) is 16.1. The number of benzene rings is 2. The predicted octanol–water partition coefficient (Wildman–Crippen LogP) is 3.05. The predicted molar refractivity (Wildman–Crippen MR) is 116 cm³/mol. The van der Waals surface area contributed by atoms with Gasteiger partial charge in [-0.2, -0.15) is 4.52 Å². The summed E-state index contributed by atoms with van der Waals surface area (Å²) in [5.41, 5.74) is 3.17. The van der Waals surface area contributed by atoms with Gasteiger partial charge in [0.15, 0.2) is 0 Å². The summed E-state index contributed by atoms with van der Waals surface area (Å²) < 4.78 is 3.32. The highest BCUT2D eigenvalue weighted by atomic mass is 32.1. The highest BCUT2D eigenvalue weighted by molar-refractivity contribution is 7.18. The van der Waals surface area contributed by atoms with E-state index >= 15 is 0 Å². The third-order valence-corrected chi connectivity index (χ3v) is 6.84. The van der Waals surface area contributed by atoms with Crippen molar-refractivity contribution in [2.45, 2.75) is 19.5 Å². The minimum Gasteiger partial charge on any atom is -0.294 e. The Morgan fingerprint density at radius 2 is 1.77 bits per heavy atom. The maximum atomic E-state index is 13.6. The smallest absolute Gasteiger partial charge is 0.268 e. The molecule has 0 unspecified atom stereocenters. The standard InChI is InChI=1S/C22H18N6OS/c29-20-19-17-11-12-26(13-15-7-3-1-4-8-15)14-18(17)30-21(19)28-22(23-24-25-28)27(20)16-9-5-2-6-10-16/h1-10H,11-14H2. The number of rotatable bonds is 3. The van der Waals surface area contributed by atoms with Gasteiger partial charge in [-0.3, -0.25) is 9.69 Å². The van der Waals surface area contributed by atoms with Crippen molar-refractivity contribution in [1.29, 1.82) is 0 Å². The summed E-state index contributed by atoms with van der Waals surface area (Å²) in [6, 6.07) is 20.1. The van der Waals surface area contributed by atoms with Gasteiger partial charge in [-0.1, -0.05) is 53.6 Å². The van der Waals surface area contributed by atoms with Crippen LogP contribution >= 0.6 is 11.3 Å². The van der Waals surface area contributed by atoms with Crippen molar-refractivity contribution >= 4 is 27.3 Å². The van der Waals surface area contributed by atoms with E-state index in [9.17, 15) is 4.79 Å². The second-order valence-corrected chi connectivity index (χ2v) is 8.58. The molecule has 0 atom stereocenters. The van der Waals surface area contributed by atoms with Crippen LogP contribution in [0.15, 0.2) is 65.5 Å². The van der Waals surface area contributed by atoms with Crippen LogP contribution in [0, 0.1) is 0 Å². The molecule has 5 aromatic rings. The summed E-state index contributed by atoms with van der Waals surface area (Å²) in [6.07, 6.45) is 0.847. The first kappa shape index (κ1) is 17.5. The summed E-state index contributed by atoms with van der Waals surface area (Å²) in [5, 5.41) is 12.9. The monoisotopic (exact) mass is 414 g/mol. The first-order valence-corrected chi connectivity index (χ1v) is 10.7. The number of fused-ring (bicyclic) bond motifs is 5. The lowest BCUT2D eigenvalue weighted by molar-refractivity contribution is 0.249. The van der Waals surface area contributed by atoms with Crippen molar-refractivity contribution in [2.24, 2.45) is 0 Å². The fourth-order valence-electron chi connectivity index (χ4n) is 4.25. The average molecular weight is 414 g/mol. The SMILES string of the molecule is O=c1c2c3c(sc2n2nnnc2n1-c1ccccc1)CN(Cc1ccccc1)CC3. The molecule has 0 saturated heterocycles. The molecule has 4 heterocycles. The fourth-order valence-corrected chi connectivity index (χ4v) is 5.58. The molecule has 3 aromatic heterocycles. The van der Waals surface area contributed by atoms with Crippen molar-refractivity contribution in [3.8, 4) is 5.69 Å². The van der Waals surface area contributed by atoms with E-state index in [2.05, 4.69) is 44.7 Å². The first-order chi connectivity index (χ1) is 14.8. The third kappa shape index (κ3) is 2.68. The van der Waals surface area contributed by atoms with E-state index in [0.717, 1.165) is 47.5 Å². The third-order valence-electron chi connectivity index (χ3n) is 5.64. The lowest BCUT2D eigenvalue weighted by Crippen LogP contribution is -2.30. The van der Waals surface area contributed by atoms with Gasteiger partial charge in [0.2, 0.25) is 0 Å². The minimum atomic E-state index is -0.0486. The van der Waals surface area contributed by atoms with Gasteiger partial charge < -0.3 is 0 Å². The quantitative estimate of drug-likeness (QED) is 0.454. The number of tetrazole rings is 1. The van der Waals surface area contributed by atoms with Crippen LogP contribution in [-0.4, -0.2) is 36.1 Å². The first-order valence-electron chi connectivity index (χ1n) is 9.88. The summed E-state index contributed by atoms with van der Waals surface area (Å²) in [4.78, 5) is 18.1. The van der Waals surface area contributed by atoms with Crippen molar-refractivity contribution in [1.82, 2.24) is 29.5 Å². The van der Waals surface area contributed by atoms with Crippen LogP contribution in [0.3, 0.4) is 0 Å². The molecule has 0 fully saturated rings. The van der Waals surface area contributed by atoms with Crippen molar-refractivity contribution < 1.29 is 0 Å². The van der Waals surface area contributed by atoms with Crippen LogP contribution < -0.4 is 5.56 Å². The van der Waals surface area contributed by atoms with Gasteiger partial charge in [-0.25, -0.2) is 4.57 Å². The minimum absolute atomic E-state index is 0.0486. The number of para-hydroxylation sites is 1. The van der Waals surface area contributed by atoms with Crippen molar-refractivity contribution in [2.75, 3.05) is 6.54 Å². The van der Waals surface area contributed by atoms with Gasteiger partial charge >= 0.3 is 0 Å². The lowest BCUT2D eigenvalue weighted by atomic mass is 10.0. The zero-order chi connectivity index (χ0) is 20.1. The lowest BCUT2D eigenvalue weighted by Gasteiger charge is -2.26. The van der Waals surface area contributed by atoms with Gasteiger partial charge in [-0.15, -0.1) is 11.3 Å². The number of thiophene rings is 1. The summed E-state index contributed by atoms with van der Waals surface area (Å²) in [7, 11) is 0. The Morgan fingerprint density at radius 3 is 2.57 bits per heavy atom. The maximum Gasteiger partial charge on any atom is 0.268 e. The van der Waals surface area contributed by atoms with E-state index in [-0.39, 0.29) is 5.56 Å². The van der Waals surface area contributed by atoms with Gasteiger partial charge in [0.25, 0.3) is 11.3 Å². The molecule has 8 heteroatoms. The van der Waals surface area contributed by atoms with E-state index in [4.69, 9.17) is 0 Å². The number of aromatic nitrogens is 5. The van der Waals surface area contributed by atoms with Gasteiger partial charge in [-0.05, 0) is 40.1 Å². The van der Waals surface area contributed by atoms with Crippen LogP contribution in [0.5, 0.6) is 0 Å². The maximum absolute atomic E-state index is 13.6. The highest BCUT2D eigenvalue weighted by Crippen LogP contribution is 2.34. The topological polar surface area (TPSA) is 68.3 Å². The molecule has 6 rings (SSSR count). The van der Waals surface area contributed by atoms with Crippen molar-refractivity contribution in [3.63, 3.8) is 0 Å². The molecule has 7 nitrogen and oxygen atoms in total. The van der Waals surface area contributed by atoms with Gasteiger partial charge in [0.05, 0.1) is 11.1 Å². The Bertz CT molecular complexity index is 1420. The molecule has 1 aliphatic heterocycles. The van der Waals surface area contributed by atoms with Crippen LogP contribution in [0.1, 0.15) is 16.0 Å². The molecule has 0 bridgehead atoms. The Balaban J connectivity index is 1.50. The summed E-state index contributed by atoms with van der Waals surface area (Å²) in [5.74, 6) is 0.443. The zero-order valence-corrected chi connectivity index (χ0v) is 16.9. The van der Waals surface area contributed by atoms with E-state index in [1.807, 2.05) is 36.4 Å². The Morgan fingerprint density at radius 1 is 1.00 bits per heavy atom. The molecule has 0 saturated carbocycles. The van der Waals surface area contributed by atoms with Crippen molar-refractivity contribution in [3.05, 3.63) is 87.0 Å². The number of hydrogen-bond acceptors (Lipinski definition) is 6. The van der Waals surface area contributed by atoms with Crippen LogP contribution in [0.25, 0.3) is 21.7 Å². The van der Waals surface area contributed by atoms with E-state index in [1.165, 1.54) is 10.4 Å². The summed E-state index contributed by atoms with van der Waals surface area (Å²) >= 11 is 1.63. The molecule has 1 aliphatic rings. The molecular weight excluding hydrogens is 396 g/mol. The largest absolute Gasteiger partial charge is 0.294 e. The fraction of sp³-hybridized carbons (Fsp3) is 0.182.